The molecule has 0 radical (unpaired) electrons. The Kier molecular flexibility index (Phi) is 3.80. The number of nitro groups is 1. The normalized spacial score (nSPS) is 29.1. The first-order chi connectivity index (χ1) is 12.4. The first-order valence-corrected chi connectivity index (χ1v) is 8.42. The molecule has 2 bridgehead atoms. The van der Waals surface area contributed by atoms with E-state index in [1.165, 1.54) is 25.5 Å². The number of imide groups is 1. The maximum Gasteiger partial charge on any atom is 0.313 e. The molecule has 1 aromatic rings. The molecular formula is C17H14ClN3O5. The molecule has 1 aliphatic heterocycles. The monoisotopic (exact) mass is 375 g/mol. The van der Waals surface area contributed by atoms with Gasteiger partial charge in [0.1, 0.15) is 0 Å². The highest BCUT2D eigenvalue weighted by Crippen LogP contribution is 2.52. The maximum absolute atomic E-state index is 12.6. The molecular weight excluding hydrogens is 362 g/mol. The van der Waals surface area contributed by atoms with Gasteiger partial charge in [0.25, 0.3) is 11.8 Å². The quantitative estimate of drug-likeness (QED) is 0.264. The van der Waals surface area contributed by atoms with Crippen LogP contribution in [0.25, 0.3) is 0 Å². The summed E-state index contributed by atoms with van der Waals surface area (Å²) in [6.45, 7) is 0. The number of carbonyl (C=O) groups excluding carboxylic acids is 2. The van der Waals surface area contributed by atoms with Crippen molar-refractivity contribution in [1.82, 2.24) is 5.01 Å². The van der Waals surface area contributed by atoms with Gasteiger partial charge in [-0.1, -0.05) is 23.8 Å². The zero-order chi connectivity index (χ0) is 18.6. The first kappa shape index (κ1) is 16.7. The largest absolute Gasteiger partial charge is 0.489 e. The van der Waals surface area contributed by atoms with Gasteiger partial charge in [0.15, 0.2) is 0 Å². The number of nitro benzene ring substituents is 1. The smallest absolute Gasteiger partial charge is 0.313 e. The van der Waals surface area contributed by atoms with Gasteiger partial charge in [0.05, 0.1) is 35.1 Å². The second-order valence-electron chi connectivity index (χ2n) is 6.54. The van der Waals surface area contributed by atoms with E-state index >= 15 is 0 Å². The number of fused-ring (bicyclic) bond motifs is 5. The fraction of sp³-hybridized carbons (Fsp3) is 0.353. The molecule has 0 aromatic heterocycles. The van der Waals surface area contributed by atoms with Crippen molar-refractivity contribution < 1.29 is 19.2 Å². The van der Waals surface area contributed by atoms with Crippen LogP contribution >= 0.6 is 11.6 Å². The fourth-order valence-corrected chi connectivity index (χ4v) is 4.44. The van der Waals surface area contributed by atoms with E-state index in [0.29, 0.717) is 5.56 Å². The Morgan fingerprint density at radius 1 is 1.27 bits per heavy atom. The van der Waals surface area contributed by atoms with Crippen LogP contribution < -0.4 is 4.74 Å². The third kappa shape index (κ3) is 2.33. The Morgan fingerprint density at radius 2 is 1.88 bits per heavy atom. The number of halogens is 1. The summed E-state index contributed by atoms with van der Waals surface area (Å²) in [4.78, 5) is 35.6. The van der Waals surface area contributed by atoms with E-state index in [9.17, 15) is 19.7 Å². The molecule has 4 rings (SSSR count). The lowest BCUT2D eigenvalue weighted by molar-refractivity contribution is -0.385. The van der Waals surface area contributed by atoms with Crippen molar-refractivity contribution in [3.8, 4) is 5.75 Å². The highest BCUT2D eigenvalue weighted by molar-refractivity contribution is 6.32. The Labute approximate surface area is 153 Å². The fourth-order valence-electron chi connectivity index (χ4n) is 4.14. The summed E-state index contributed by atoms with van der Waals surface area (Å²) in [6.07, 6.45) is 6.06. The van der Waals surface area contributed by atoms with Crippen LogP contribution in [0, 0.1) is 33.8 Å². The standard InChI is InChI=1S/C17H14ClN3O5/c1-26-15-11(18)4-8(5-12(15)21(24)25)7-19-20-16(22)13-9-2-3-10(6-9)14(13)17(20)23/h2-5,7,9-10,13-14H,6H2,1H3/t9-,10-,13-,14+/m0/s1. The second kappa shape index (κ2) is 5.91. The zero-order valence-corrected chi connectivity index (χ0v) is 14.4. The molecule has 1 saturated heterocycles. The molecule has 1 aromatic carbocycles. The van der Waals surface area contributed by atoms with Gasteiger partial charge < -0.3 is 4.74 Å². The van der Waals surface area contributed by atoms with Gasteiger partial charge in [0, 0.05) is 11.6 Å². The van der Waals surface area contributed by atoms with Crippen LogP contribution in [-0.4, -0.2) is 35.1 Å². The van der Waals surface area contributed by atoms with Crippen LogP contribution in [0.3, 0.4) is 0 Å². The number of rotatable bonds is 4. The van der Waals surface area contributed by atoms with Gasteiger partial charge >= 0.3 is 5.69 Å². The molecule has 2 fully saturated rings. The van der Waals surface area contributed by atoms with Gasteiger partial charge in [-0.15, -0.1) is 0 Å². The number of nitrogens with zero attached hydrogens (tertiary/aromatic N) is 3. The lowest BCUT2D eigenvalue weighted by Gasteiger charge is -2.13. The number of benzene rings is 1. The van der Waals surface area contributed by atoms with Crippen LogP contribution in [0.4, 0.5) is 5.69 Å². The van der Waals surface area contributed by atoms with E-state index < -0.39 is 4.92 Å². The van der Waals surface area contributed by atoms with E-state index in [0.717, 1.165) is 11.4 Å². The summed E-state index contributed by atoms with van der Waals surface area (Å²) >= 11 is 6.01. The molecule has 9 heteroatoms. The Balaban J connectivity index is 1.62. The van der Waals surface area contributed by atoms with Crippen molar-refractivity contribution in [3.63, 3.8) is 0 Å². The zero-order valence-electron chi connectivity index (χ0n) is 13.7. The number of amides is 2. The summed E-state index contributed by atoms with van der Waals surface area (Å²) in [7, 11) is 1.28. The third-order valence-electron chi connectivity index (χ3n) is 5.22. The maximum atomic E-state index is 12.6. The molecule has 2 aliphatic carbocycles. The Morgan fingerprint density at radius 3 is 2.42 bits per heavy atom. The minimum Gasteiger partial charge on any atom is -0.489 e. The van der Waals surface area contributed by atoms with E-state index in [-0.39, 0.29) is 51.9 Å². The highest BCUT2D eigenvalue weighted by Gasteiger charge is 2.59. The second-order valence-corrected chi connectivity index (χ2v) is 6.95. The van der Waals surface area contributed by atoms with E-state index in [1.54, 1.807) is 0 Å². The van der Waals surface area contributed by atoms with Gasteiger partial charge in [-0.25, -0.2) is 0 Å². The summed E-state index contributed by atoms with van der Waals surface area (Å²) in [5.74, 6) is -1.19. The third-order valence-corrected chi connectivity index (χ3v) is 5.50. The van der Waals surface area contributed by atoms with Gasteiger partial charge in [0.2, 0.25) is 5.75 Å². The SMILES string of the molecule is COc1c(Cl)cc(C=NN2C(=O)[C@@H]3[C@H](C2=O)[C@H]2C=C[C@H]3C2)cc1[N+](=O)[O-]. The molecule has 0 spiro atoms. The summed E-state index contributed by atoms with van der Waals surface area (Å²) in [6, 6.07) is 2.65. The number of carbonyl (C=O) groups is 2. The predicted molar refractivity (Wildman–Crippen MR) is 91.8 cm³/mol. The molecule has 1 heterocycles. The van der Waals surface area contributed by atoms with Crippen molar-refractivity contribution in [2.45, 2.75) is 6.42 Å². The van der Waals surface area contributed by atoms with Gasteiger partial charge in [-0.2, -0.15) is 10.1 Å². The number of allylic oxidation sites excluding steroid dienone is 2. The summed E-state index contributed by atoms with van der Waals surface area (Å²) in [5.41, 5.74) is -0.0269. The van der Waals surface area contributed by atoms with Gasteiger partial charge in [-0.05, 0) is 24.3 Å². The lowest BCUT2D eigenvalue weighted by Crippen LogP contribution is -2.28. The number of hydrogen-bond acceptors (Lipinski definition) is 6. The number of hydrogen-bond donors (Lipinski definition) is 0. The molecule has 0 unspecified atom stereocenters. The molecule has 4 atom stereocenters. The topological polar surface area (TPSA) is 102 Å². The number of hydrazone groups is 1. The molecule has 2 amide bonds. The van der Waals surface area contributed by atoms with E-state index in [4.69, 9.17) is 16.3 Å². The summed E-state index contributed by atoms with van der Waals surface area (Å²) < 4.78 is 4.94. The van der Waals surface area contributed by atoms with Crippen molar-refractivity contribution in [2.24, 2.45) is 28.8 Å². The van der Waals surface area contributed by atoms with Crippen molar-refractivity contribution in [3.05, 3.63) is 45.0 Å². The molecule has 8 nitrogen and oxygen atoms in total. The number of ether oxygens (including phenoxy) is 1. The molecule has 134 valence electrons. The van der Waals surface area contributed by atoms with Crippen molar-refractivity contribution >= 4 is 35.3 Å². The average Bonchev–Trinajstić information content (AvgIpc) is 3.27. The van der Waals surface area contributed by atoms with Crippen molar-refractivity contribution in [1.29, 1.82) is 0 Å². The minimum atomic E-state index is -0.623. The number of methoxy groups -OCH3 is 1. The van der Waals surface area contributed by atoms with Crippen LogP contribution in [0.5, 0.6) is 5.75 Å². The molecule has 1 saturated carbocycles. The van der Waals surface area contributed by atoms with Crippen molar-refractivity contribution in [2.75, 3.05) is 7.11 Å². The van der Waals surface area contributed by atoms with Crippen LogP contribution in [0.15, 0.2) is 29.4 Å². The lowest BCUT2D eigenvalue weighted by atomic mass is 9.85. The Hall–Kier alpha value is -2.74. The minimum absolute atomic E-state index is 0.0429. The molecule has 3 aliphatic rings. The van der Waals surface area contributed by atoms with E-state index in [1.807, 2.05) is 12.2 Å². The van der Waals surface area contributed by atoms with E-state index in [2.05, 4.69) is 5.10 Å². The summed E-state index contributed by atoms with van der Waals surface area (Å²) in [5, 5.41) is 16.1. The Bertz CT molecular complexity index is 867. The highest BCUT2D eigenvalue weighted by atomic mass is 35.5. The predicted octanol–water partition coefficient (Wildman–Crippen LogP) is 2.40. The van der Waals surface area contributed by atoms with Crippen LogP contribution in [0.2, 0.25) is 5.02 Å². The average molecular weight is 376 g/mol. The van der Waals surface area contributed by atoms with Gasteiger partial charge in [-0.3, -0.25) is 19.7 Å². The molecule has 26 heavy (non-hydrogen) atoms. The molecule has 0 N–H and O–H groups in total. The van der Waals surface area contributed by atoms with Crippen LogP contribution in [0.1, 0.15) is 12.0 Å². The first-order valence-electron chi connectivity index (χ1n) is 8.04. The van der Waals surface area contributed by atoms with Crippen LogP contribution in [-0.2, 0) is 9.59 Å².